The second-order valence-electron chi connectivity index (χ2n) is 7.33. The number of carbonyl (C=O) groups excluding carboxylic acids is 2. The molecule has 0 aromatic heterocycles. The first kappa shape index (κ1) is 21.5. The number of hydrogen-bond acceptors (Lipinski definition) is 5. The molecule has 8 heteroatoms. The molecule has 1 saturated heterocycles. The third kappa shape index (κ3) is 3.70. The summed E-state index contributed by atoms with van der Waals surface area (Å²) in [5.74, 6) is 0.0339. The molecule has 2 heterocycles. The Kier molecular flexibility index (Phi) is 6.12. The van der Waals surface area contributed by atoms with Crippen LogP contribution in [0.1, 0.15) is 39.1 Å². The van der Waals surface area contributed by atoms with Gasteiger partial charge in [-0.15, -0.1) is 12.4 Å². The van der Waals surface area contributed by atoms with Crippen molar-refractivity contribution >= 4 is 33.9 Å². The zero-order valence-corrected chi connectivity index (χ0v) is 17.7. The fourth-order valence-corrected chi connectivity index (χ4v) is 5.71. The minimum absolute atomic E-state index is 0. The van der Waals surface area contributed by atoms with Crippen molar-refractivity contribution in [2.24, 2.45) is 5.92 Å². The van der Waals surface area contributed by atoms with Gasteiger partial charge in [0.2, 0.25) is 9.84 Å². The number of halogens is 1. The molecule has 29 heavy (non-hydrogen) atoms. The first-order chi connectivity index (χ1) is 13.4. The Bertz CT molecular complexity index is 1060. The van der Waals surface area contributed by atoms with Crippen molar-refractivity contribution in [3.63, 3.8) is 0 Å². The molecule has 154 valence electrons. The Labute approximate surface area is 176 Å². The SMILES string of the molecule is CNCC1CCN(C(=O)c2ccc3c(c2)S(=O)(=O)c2ccccc2C3=O)CC1.Cl. The minimum Gasteiger partial charge on any atom is -0.339 e. The molecule has 2 aromatic rings. The van der Waals surface area contributed by atoms with Crippen molar-refractivity contribution in [2.75, 3.05) is 26.7 Å². The fourth-order valence-electron chi connectivity index (χ4n) is 4.03. The van der Waals surface area contributed by atoms with Gasteiger partial charge in [-0.05, 0) is 62.7 Å². The molecular weight excluding hydrogens is 412 g/mol. The van der Waals surface area contributed by atoms with Crippen molar-refractivity contribution in [1.29, 1.82) is 0 Å². The Morgan fingerprint density at radius 3 is 2.41 bits per heavy atom. The molecule has 6 nitrogen and oxygen atoms in total. The second-order valence-corrected chi connectivity index (χ2v) is 9.22. The molecular formula is C21H23ClN2O4S. The number of carbonyl (C=O) groups is 2. The van der Waals surface area contributed by atoms with Crippen LogP contribution in [0.2, 0.25) is 0 Å². The molecule has 0 atom stereocenters. The summed E-state index contributed by atoms with van der Waals surface area (Å²) in [5.41, 5.74) is 0.616. The third-order valence-electron chi connectivity index (χ3n) is 5.58. The van der Waals surface area contributed by atoms with Crippen LogP contribution < -0.4 is 5.32 Å². The highest BCUT2D eigenvalue weighted by Gasteiger charge is 2.35. The van der Waals surface area contributed by atoms with Gasteiger partial charge in [0.1, 0.15) is 0 Å². The molecule has 2 aliphatic heterocycles. The summed E-state index contributed by atoms with van der Waals surface area (Å²) in [6.07, 6.45) is 1.84. The van der Waals surface area contributed by atoms with E-state index in [0.29, 0.717) is 24.6 Å². The van der Waals surface area contributed by atoms with E-state index in [1.807, 2.05) is 7.05 Å². The summed E-state index contributed by atoms with van der Waals surface area (Å²) in [7, 11) is -1.92. The van der Waals surface area contributed by atoms with Crippen LogP contribution in [0, 0.1) is 5.92 Å². The van der Waals surface area contributed by atoms with Gasteiger partial charge in [0.05, 0.1) is 9.79 Å². The van der Waals surface area contributed by atoms with Gasteiger partial charge >= 0.3 is 0 Å². The Hall–Kier alpha value is -2.22. The standard InChI is InChI=1S/C21H22N2O4S.ClH/c1-22-13-14-8-10-23(11-9-14)21(25)15-6-7-17-19(12-15)28(26,27)18-5-3-2-4-16(18)20(17)24;/h2-7,12,14,22H,8-11,13H2,1H3;1H. The van der Waals surface area contributed by atoms with E-state index in [-0.39, 0.29) is 45.0 Å². The quantitative estimate of drug-likeness (QED) is 0.684. The largest absolute Gasteiger partial charge is 0.339 e. The molecule has 0 spiro atoms. The van der Waals surface area contributed by atoms with Gasteiger partial charge < -0.3 is 10.2 Å². The molecule has 1 fully saturated rings. The first-order valence-corrected chi connectivity index (χ1v) is 10.9. The van der Waals surface area contributed by atoms with Crippen molar-refractivity contribution in [3.8, 4) is 0 Å². The van der Waals surface area contributed by atoms with Crippen LogP contribution in [0.4, 0.5) is 0 Å². The van der Waals surface area contributed by atoms with Crippen molar-refractivity contribution in [2.45, 2.75) is 22.6 Å². The molecule has 1 N–H and O–H groups in total. The summed E-state index contributed by atoms with van der Waals surface area (Å²) in [4.78, 5) is 27.3. The van der Waals surface area contributed by atoms with Crippen molar-refractivity contribution in [3.05, 3.63) is 59.2 Å². The number of rotatable bonds is 3. The van der Waals surface area contributed by atoms with Gasteiger partial charge in [-0.3, -0.25) is 9.59 Å². The maximum Gasteiger partial charge on any atom is 0.253 e. The van der Waals surface area contributed by atoms with Crippen LogP contribution in [0.3, 0.4) is 0 Å². The monoisotopic (exact) mass is 434 g/mol. The molecule has 2 aromatic carbocycles. The molecule has 0 saturated carbocycles. The average Bonchev–Trinajstić information content (AvgIpc) is 2.72. The van der Waals surface area contributed by atoms with Gasteiger partial charge in [-0.1, -0.05) is 12.1 Å². The van der Waals surface area contributed by atoms with E-state index in [9.17, 15) is 18.0 Å². The number of likely N-dealkylation sites (tertiary alicyclic amines) is 1. The Morgan fingerprint density at radius 1 is 1.07 bits per heavy atom. The normalized spacial score (nSPS) is 17.8. The first-order valence-electron chi connectivity index (χ1n) is 9.40. The van der Waals surface area contributed by atoms with Crippen LogP contribution in [0.15, 0.2) is 52.3 Å². The van der Waals surface area contributed by atoms with E-state index in [0.717, 1.165) is 19.4 Å². The number of sulfone groups is 1. The summed E-state index contributed by atoms with van der Waals surface area (Å²) in [6, 6.07) is 10.6. The zero-order chi connectivity index (χ0) is 19.9. The lowest BCUT2D eigenvalue weighted by Gasteiger charge is -2.32. The Balaban J connectivity index is 0.00000240. The van der Waals surface area contributed by atoms with E-state index in [4.69, 9.17) is 0 Å². The van der Waals surface area contributed by atoms with Gasteiger partial charge in [0.15, 0.2) is 5.78 Å². The van der Waals surface area contributed by atoms with Gasteiger partial charge in [0.25, 0.3) is 5.91 Å². The molecule has 1 amide bonds. The van der Waals surface area contributed by atoms with Crippen LogP contribution in [-0.4, -0.2) is 51.7 Å². The van der Waals surface area contributed by atoms with Gasteiger partial charge in [-0.25, -0.2) is 8.42 Å². The van der Waals surface area contributed by atoms with Gasteiger partial charge in [0, 0.05) is 29.8 Å². The van der Waals surface area contributed by atoms with Crippen molar-refractivity contribution < 1.29 is 18.0 Å². The number of piperidine rings is 1. The van der Waals surface area contributed by atoms with E-state index < -0.39 is 9.84 Å². The summed E-state index contributed by atoms with van der Waals surface area (Å²) in [5, 5.41) is 3.17. The van der Waals surface area contributed by atoms with E-state index in [1.165, 1.54) is 24.3 Å². The number of nitrogens with one attached hydrogen (secondary N) is 1. The number of fused-ring (bicyclic) bond motifs is 2. The molecule has 0 unspecified atom stereocenters. The predicted molar refractivity (Wildman–Crippen MR) is 112 cm³/mol. The van der Waals surface area contributed by atoms with Crippen LogP contribution in [-0.2, 0) is 9.84 Å². The number of nitrogens with zero attached hydrogens (tertiary/aromatic N) is 1. The van der Waals surface area contributed by atoms with Crippen molar-refractivity contribution in [1.82, 2.24) is 10.2 Å². The highest BCUT2D eigenvalue weighted by Crippen LogP contribution is 2.35. The average molecular weight is 435 g/mol. The highest BCUT2D eigenvalue weighted by atomic mass is 35.5. The third-order valence-corrected chi connectivity index (χ3v) is 7.43. The summed E-state index contributed by atoms with van der Waals surface area (Å²) >= 11 is 0. The lowest BCUT2D eigenvalue weighted by molar-refractivity contribution is 0.0690. The summed E-state index contributed by atoms with van der Waals surface area (Å²) in [6.45, 7) is 2.23. The van der Waals surface area contributed by atoms with E-state index >= 15 is 0 Å². The van der Waals surface area contributed by atoms with Crippen LogP contribution in [0.25, 0.3) is 0 Å². The number of benzene rings is 2. The molecule has 0 radical (unpaired) electrons. The maximum atomic E-state index is 13.0. The molecule has 2 aliphatic rings. The Morgan fingerprint density at radius 2 is 1.72 bits per heavy atom. The minimum atomic E-state index is -3.84. The molecule has 0 bridgehead atoms. The number of hydrogen-bond donors (Lipinski definition) is 1. The summed E-state index contributed by atoms with van der Waals surface area (Å²) < 4.78 is 26.0. The van der Waals surface area contributed by atoms with Gasteiger partial charge in [-0.2, -0.15) is 0 Å². The highest BCUT2D eigenvalue weighted by molar-refractivity contribution is 7.91. The van der Waals surface area contributed by atoms with E-state index in [2.05, 4.69) is 5.32 Å². The molecule has 4 rings (SSSR count). The second kappa shape index (κ2) is 8.26. The fraction of sp³-hybridized carbons (Fsp3) is 0.333. The maximum absolute atomic E-state index is 13.0. The number of ketones is 1. The van der Waals surface area contributed by atoms with Crippen LogP contribution in [0.5, 0.6) is 0 Å². The lowest BCUT2D eigenvalue weighted by Crippen LogP contribution is -2.40. The topological polar surface area (TPSA) is 83.6 Å². The zero-order valence-electron chi connectivity index (χ0n) is 16.1. The number of amides is 1. The predicted octanol–water partition coefficient (Wildman–Crippen LogP) is 2.56. The lowest BCUT2D eigenvalue weighted by atomic mass is 9.96. The molecule has 0 aliphatic carbocycles. The van der Waals surface area contributed by atoms with Crippen LogP contribution >= 0.6 is 12.4 Å². The smallest absolute Gasteiger partial charge is 0.253 e. The van der Waals surface area contributed by atoms with E-state index in [1.54, 1.807) is 23.1 Å².